The molecule has 0 aromatic carbocycles. The van der Waals surface area contributed by atoms with Crippen LogP contribution in [0.4, 0.5) is 0 Å². The number of nitrogens with one attached hydrogen (secondary N) is 2. The molecule has 2 atom stereocenters. The van der Waals surface area contributed by atoms with Crippen molar-refractivity contribution in [3.63, 3.8) is 0 Å². The number of amides is 1. The third-order valence-electron chi connectivity index (χ3n) is 2.44. The minimum Gasteiger partial charge on any atom is -0.381 e. The second-order valence-corrected chi connectivity index (χ2v) is 3.76. The summed E-state index contributed by atoms with van der Waals surface area (Å²) in [5, 5.41) is 6.17. The number of rotatable bonds is 5. The first-order valence-corrected chi connectivity index (χ1v) is 5.33. The lowest BCUT2D eigenvalue weighted by molar-refractivity contribution is -0.125. The fourth-order valence-corrected chi connectivity index (χ4v) is 1.56. The molecule has 0 aromatic rings. The lowest BCUT2D eigenvalue weighted by atomic mass is 10.1. The van der Waals surface area contributed by atoms with E-state index in [-0.39, 0.29) is 11.8 Å². The first-order valence-electron chi connectivity index (χ1n) is 5.33. The van der Waals surface area contributed by atoms with Gasteiger partial charge >= 0.3 is 0 Å². The van der Waals surface area contributed by atoms with E-state index in [1.807, 2.05) is 0 Å². The molecule has 1 saturated heterocycles. The fourth-order valence-electron chi connectivity index (χ4n) is 1.56. The number of likely N-dealkylation sites (N-methyl/N-ethyl adjacent to an activating group) is 1. The molecule has 1 aliphatic heterocycles. The predicted octanol–water partition coefficient (Wildman–Crippen LogP) is 0.137. The van der Waals surface area contributed by atoms with Crippen LogP contribution >= 0.6 is 0 Å². The average molecular weight is 200 g/mol. The van der Waals surface area contributed by atoms with Gasteiger partial charge in [0.05, 0.1) is 12.5 Å². The summed E-state index contributed by atoms with van der Waals surface area (Å²) in [7, 11) is 0. The van der Waals surface area contributed by atoms with Crippen LogP contribution in [0, 0.1) is 5.92 Å². The van der Waals surface area contributed by atoms with Crippen molar-refractivity contribution >= 4 is 5.91 Å². The summed E-state index contributed by atoms with van der Waals surface area (Å²) in [5.41, 5.74) is 0. The minimum absolute atomic E-state index is 0.0730. The maximum absolute atomic E-state index is 11.5. The van der Waals surface area contributed by atoms with Gasteiger partial charge in [0.1, 0.15) is 0 Å². The Hall–Kier alpha value is -0.610. The molecular weight excluding hydrogens is 180 g/mol. The molecule has 14 heavy (non-hydrogen) atoms. The second-order valence-electron chi connectivity index (χ2n) is 3.76. The Labute approximate surface area is 85.4 Å². The maximum Gasteiger partial charge on any atom is 0.225 e. The number of hydrogen-bond donors (Lipinski definition) is 2. The third kappa shape index (κ3) is 3.64. The Balaban J connectivity index is 2.13. The Kier molecular flexibility index (Phi) is 4.90. The van der Waals surface area contributed by atoms with Crippen molar-refractivity contribution in [1.82, 2.24) is 10.6 Å². The summed E-state index contributed by atoms with van der Waals surface area (Å²) in [6, 6.07) is 0.339. The average Bonchev–Trinajstić information content (AvgIpc) is 2.67. The maximum atomic E-state index is 11.5. The Morgan fingerprint density at radius 3 is 3.00 bits per heavy atom. The summed E-state index contributed by atoms with van der Waals surface area (Å²) in [4.78, 5) is 11.5. The van der Waals surface area contributed by atoms with Crippen molar-refractivity contribution in [2.24, 2.45) is 5.92 Å². The quantitative estimate of drug-likeness (QED) is 0.663. The van der Waals surface area contributed by atoms with Gasteiger partial charge in [-0.2, -0.15) is 0 Å². The van der Waals surface area contributed by atoms with Crippen LogP contribution in [0.2, 0.25) is 0 Å². The van der Waals surface area contributed by atoms with Gasteiger partial charge in [-0.25, -0.2) is 0 Å². The highest BCUT2D eigenvalue weighted by molar-refractivity contribution is 5.78. The van der Waals surface area contributed by atoms with Crippen LogP contribution < -0.4 is 10.6 Å². The van der Waals surface area contributed by atoms with Gasteiger partial charge in [-0.05, 0) is 19.9 Å². The molecule has 0 spiro atoms. The molecule has 4 heteroatoms. The molecular formula is C10H20N2O2. The highest BCUT2D eigenvalue weighted by atomic mass is 16.5. The Morgan fingerprint density at radius 1 is 1.64 bits per heavy atom. The number of carbonyl (C=O) groups excluding carboxylic acids is 1. The van der Waals surface area contributed by atoms with Crippen LogP contribution in [0.5, 0.6) is 0 Å². The molecule has 1 fully saturated rings. The molecule has 0 aliphatic carbocycles. The molecule has 1 aliphatic rings. The summed E-state index contributed by atoms with van der Waals surface area (Å²) in [6.45, 7) is 7.06. The van der Waals surface area contributed by atoms with E-state index < -0.39 is 0 Å². The Morgan fingerprint density at radius 2 is 2.43 bits per heavy atom. The SMILES string of the molecule is CCN[C@H](C)CNC(=O)C1CCOC1. The third-order valence-corrected chi connectivity index (χ3v) is 2.44. The van der Waals surface area contributed by atoms with Gasteiger partial charge in [0.2, 0.25) is 5.91 Å². The van der Waals surface area contributed by atoms with Gasteiger partial charge in [-0.15, -0.1) is 0 Å². The predicted molar refractivity (Wildman–Crippen MR) is 55.1 cm³/mol. The lowest BCUT2D eigenvalue weighted by Crippen LogP contribution is -2.41. The van der Waals surface area contributed by atoms with Gasteiger partial charge in [0.15, 0.2) is 0 Å². The molecule has 1 heterocycles. The van der Waals surface area contributed by atoms with Gasteiger partial charge in [0, 0.05) is 19.2 Å². The normalized spacial score (nSPS) is 23.4. The summed E-state index contributed by atoms with van der Waals surface area (Å²) < 4.78 is 5.16. The Bertz CT molecular complexity index is 179. The van der Waals surface area contributed by atoms with Crippen LogP contribution in [-0.2, 0) is 9.53 Å². The molecule has 1 amide bonds. The zero-order valence-corrected chi connectivity index (χ0v) is 9.01. The van der Waals surface area contributed by atoms with E-state index in [4.69, 9.17) is 4.74 Å². The highest BCUT2D eigenvalue weighted by Gasteiger charge is 2.23. The van der Waals surface area contributed by atoms with E-state index in [2.05, 4.69) is 24.5 Å². The standard InChI is InChI=1S/C10H20N2O2/c1-3-11-8(2)6-12-10(13)9-4-5-14-7-9/h8-9,11H,3-7H2,1-2H3,(H,12,13)/t8-,9?/m1/s1. The molecule has 1 rings (SSSR count). The smallest absolute Gasteiger partial charge is 0.225 e. The molecule has 0 bridgehead atoms. The van der Waals surface area contributed by atoms with Gasteiger partial charge in [-0.1, -0.05) is 6.92 Å². The van der Waals surface area contributed by atoms with E-state index in [0.717, 1.165) is 19.6 Å². The van der Waals surface area contributed by atoms with Crippen LogP contribution in [0.15, 0.2) is 0 Å². The number of carbonyl (C=O) groups is 1. The first kappa shape index (κ1) is 11.5. The van der Waals surface area contributed by atoms with Gasteiger partial charge in [0.25, 0.3) is 0 Å². The number of ether oxygens (including phenoxy) is 1. The van der Waals surface area contributed by atoms with Crippen LogP contribution in [0.1, 0.15) is 20.3 Å². The van der Waals surface area contributed by atoms with Gasteiger partial charge in [-0.3, -0.25) is 4.79 Å². The monoisotopic (exact) mass is 200 g/mol. The van der Waals surface area contributed by atoms with E-state index >= 15 is 0 Å². The molecule has 2 N–H and O–H groups in total. The molecule has 0 aromatic heterocycles. The van der Waals surface area contributed by atoms with Crippen LogP contribution in [-0.4, -0.2) is 38.3 Å². The summed E-state index contributed by atoms with van der Waals surface area (Å²) in [5.74, 6) is 0.205. The van der Waals surface area contributed by atoms with Crippen molar-refractivity contribution in [3.05, 3.63) is 0 Å². The van der Waals surface area contributed by atoms with E-state index in [9.17, 15) is 4.79 Å². The van der Waals surface area contributed by atoms with Gasteiger partial charge < -0.3 is 15.4 Å². The summed E-state index contributed by atoms with van der Waals surface area (Å²) in [6.07, 6.45) is 0.863. The van der Waals surface area contributed by atoms with E-state index in [0.29, 0.717) is 19.2 Å². The van der Waals surface area contributed by atoms with Crippen molar-refractivity contribution in [3.8, 4) is 0 Å². The van der Waals surface area contributed by atoms with Crippen LogP contribution in [0.25, 0.3) is 0 Å². The topological polar surface area (TPSA) is 50.4 Å². The zero-order valence-electron chi connectivity index (χ0n) is 9.01. The van der Waals surface area contributed by atoms with E-state index in [1.54, 1.807) is 0 Å². The van der Waals surface area contributed by atoms with Crippen molar-refractivity contribution < 1.29 is 9.53 Å². The van der Waals surface area contributed by atoms with Crippen molar-refractivity contribution in [2.45, 2.75) is 26.3 Å². The lowest BCUT2D eigenvalue weighted by Gasteiger charge is -2.14. The summed E-state index contributed by atoms with van der Waals surface area (Å²) >= 11 is 0. The van der Waals surface area contributed by atoms with Crippen molar-refractivity contribution in [2.75, 3.05) is 26.3 Å². The largest absolute Gasteiger partial charge is 0.381 e. The van der Waals surface area contributed by atoms with E-state index in [1.165, 1.54) is 0 Å². The minimum atomic E-state index is 0.0730. The zero-order chi connectivity index (χ0) is 10.4. The molecule has 4 nitrogen and oxygen atoms in total. The molecule has 82 valence electrons. The molecule has 0 radical (unpaired) electrons. The molecule has 0 saturated carbocycles. The van der Waals surface area contributed by atoms with Crippen LogP contribution in [0.3, 0.4) is 0 Å². The first-order chi connectivity index (χ1) is 6.74. The van der Waals surface area contributed by atoms with Crippen molar-refractivity contribution in [1.29, 1.82) is 0 Å². The fraction of sp³-hybridized carbons (Fsp3) is 0.900. The highest BCUT2D eigenvalue weighted by Crippen LogP contribution is 2.11. The molecule has 1 unspecified atom stereocenters. The number of hydrogen-bond acceptors (Lipinski definition) is 3. The second kappa shape index (κ2) is 5.98.